The molecule has 0 atom stereocenters. The highest BCUT2D eigenvalue weighted by atomic mass is 32.1. The molecule has 38 heavy (non-hydrogen) atoms. The molecule has 0 N–H and O–H groups in total. The van der Waals surface area contributed by atoms with Crippen molar-refractivity contribution in [1.82, 2.24) is 9.55 Å². The lowest BCUT2D eigenvalue weighted by Gasteiger charge is -2.23. The van der Waals surface area contributed by atoms with Crippen LogP contribution in [0.4, 0.5) is 0 Å². The summed E-state index contributed by atoms with van der Waals surface area (Å²) in [5.41, 5.74) is 3.10. The van der Waals surface area contributed by atoms with Crippen LogP contribution in [0.3, 0.4) is 0 Å². The number of methoxy groups -OCH3 is 1. The van der Waals surface area contributed by atoms with E-state index in [1.165, 1.54) is 11.3 Å². The average Bonchev–Trinajstić information content (AvgIpc) is 3.40. The van der Waals surface area contributed by atoms with E-state index >= 15 is 0 Å². The number of nitrogens with zero attached hydrogens (tertiary/aromatic N) is 2. The maximum Gasteiger partial charge on any atom is 0.343 e. The SMILES string of the molecule is CCOC(=O)c1cn(C(c2ccccc2)c2ccccc2)c2sc(CCc3ccc(OC)cc3)nc2c1=O. The fraction of sp³-hybridized carbons (Fsp3) is 0.194. The fourth-order valence-corrected chi connectivity index (χ4v) is 5.61. The van der Waals surface area contributed by atoms with Gasteiger partial charge < -0.3 is 14.0 Å². The molecule has 0 saturated heterocycles. The Morgan fingerprint density at radius 2 is 1.55 bits per heavy atom. The van der Waals surface area contributed by atoms with Crippen molar-refractivity contribution in [3.05, 3.63) is 129 Å². The average molecular weight is 525 g/mol. The molecule has 0 unspecified atom stereocenters. The van der Waals surface area contributed by atoms with Crippen molar-refractivity contribution in [1.29, 1.82) is 0 Å². The number of aryl methyl sites for hydroxylation is 2. The van der Waals surface area contributed by atoms with E-state index in [0.717, 1.165) is 38.7 Å². The zero-order valence-corrected chi connectivity index (χ0v) is 22.1. The number of aromatic nitrogens is 2. The Balaban J connectivity index is 1.64. The second-order valence-corrected chi connectivity index (χ2v) is 9.90. The lowest BCUT2D eigenvalue weighted by molar-refractivity contribution is 0.0524. The maximum atomic E-state index is 13.5. The van der Waals surface area contributed by atoms with Crippen molar-refractivity contribution in [3.63, 3.8) is 0 Å². The van der Waals surface area contributed by atoms with Crippen molar-refractivity contribution in [2.45, 2.75) is 25.8 Å². The first-order valence-corrected chi connectivity index (χ1v) is 13.3. The van der Waals surface area contributed by atoms with E-state index in [2.05, 4.69) is 24.3 Å². The van der Waals surface area contributed by atoms with Crippen LogP contribution in [0.2, 0.25) is 0 Å². The van der Waals surface area contributed by atoms with Crippen LogP contribution in [0.15, 0.2) is 95.9 Å². The third kappa shape index (κ3) is 5.24. The van der Waals surface area contributed by atoms with Gasteiger partial charge in [0.05, 0.1) is 24.8 Å². The molecule has 0 saturated carbocycles. The highest BCUT2D eigenvalue weighted by molar-refractivity contribution is 7.18. The first-order chi connectivity index (χ1) is 18.6. The Morgan fingerprint density at radius 3 is 2.13 bits per heavy atom. The number of ether oxygens (including phenoxy) is 2. The Hall–Kier alpha value is -4.23. The van der Waals surface area contributed by atoms with Gasteiger partial charge in [0, 0.05) is 12.6 Å². The number of thiazole rings is 1. The molecule has 3 aromatic carbocycles. The molecule has 2 aromatic heterocycles. The topological polar surface area (TPSA) is 70.4 Å². The normalized spacial score (nSPS) is 11.1. The minimum atomic E-state index is -0.638. The summed E-state index contributed by atoms with van der Waals surface area (Å²) in [5.74, 6) is 0.172. The number of fused-ring (bicyclic) bond motifs is 1. The maximum absolute atomic E-state index is 13.5. The molecular weight excluding hydrogens is 496 g/mol. The first kappa shape index (κ1) is 25.4. The van der Waals surface area contributed by atoms with E-state index in [1.54, 1.807) is 20.2 Å². The molecule has 5 rings (SSSR count). The number of rotatable bonds is 9. The van der Waals surface area contributed by atoms with E-state index < -0.39 is 11.4 Å². The molecule has 0 amide bonds. The van der Waals surface area contributed by atoms with Gasteiger partial charge in [0.2, 0.25) is 5.43 Å². The summed E-state index contributed by atoms with van der Waals surface area (Å²) in [6.07, 6.45) is 3.07. The van der Waals surface area contributed by atoms with E-state index in [-0.39, 0.29) is 18.2 Å². The molecule has 0 aliphatic rings. The van der Waals surface area contributed by atoms with E-state index in [4.69, 9.17) is 14.5 Å². The molecule has 2 heterocycles. The summed E-state index contributed by atoms with van der Waals surface area (Å²) >= 11 is 1.49. The third-order valence-electron chi connectivity index (χ3n) is 6.41. The number of hydrogen-bond acceptors (Lipinski definition) is 6. The van der Waals surface area contributed by atoms with Gasteiger partial charge in [0.1, 0.15) is 21.7 Å². The number of carbonyl (C=O) groups excluding carboxylic acids is 1. The Kier molecular flexibility index (Phi) is 7.65. The van der Waals surface area contributed by atoms with Gasteiger partial charge in [0.25, 0.3) is 0 Å². The van der Waals surface area contributed by atoms with Gasteiger partial charge in [-0.3, -0.25) is 4.79 Å². The van der Waals surface area contributed by atoms with Crippen LogP contribution in [0.1, 0.15) is 45.0 Å². The predicted octanol–water partition coefficient (Wildman–Crippen LogP) is 6.07. The van der Waals surface area contributed by atoms with Crippen molar-refractivity contribution < 1.29 is 14.3 Å². The van der Waals surface area contributed by atoms with E-state index in [0.29, 0.717) is 11.9 Å². The third-order valence-corrected chi connectivity index (χ3v) is 7.54. The Bertz CT molecular complexity index is 1550. The zero-order valence-electron chi connectivity index (χ0n) is 21.3. The quantitative estimate of drug-likeness (QED) is 0.219. The van der Waals surface area contributed by atoms with Crippen LogP contribution in [-0.2, 0) is 17.6 Å². The summed E-state index contributed by atoms with van der Waals surface area (Å²) < 4.78 is 12.5. The number of carbonyl (C=O) groups is 1. The molecule has 7 heteroatoms. The number of hydrogen-bond donors (Lipinski definition) is 0. The summed E-state index contributed by atoms with van der Waals surface area (Å²) in [6, 6.07) is 27.8. The van der Waals surface area contributed by atoms with Crippen LogP contribution in [0.5, 0.6) is 5.75 Å². The molecule has 0 radical (unpaired) electrons. The van der Waals surface area contributed by atoms with Crippen LogP contribution >= 0.6 is 11.3 Å². The summed E-state index contributed by atoms with van der Waals surface area (Å²) in [4.78, 5) is 31.8. The van der Waals surface area contributed by atoms with Gasteiger partial charge in [-0.15, -0.1) is 11.3 Å². The Morgan fingerprint density at radius 1 is 0.921 bits per heavy atom. The fourth-order valence-electron chi connectivity index (χ4n) is 4.54. The number of pyridine rings is 1. The molecule has 192 valence electrons. The zero-order chi connectivity index (χ0) is 26.5. The molecule has 5 aromatic rings. The van der Waals surface area contributed by atoms with Crippen LogP contribution in [-0.4, -0.2) is 29.2 Å². The minimum Gasteiger partial charge on any atom is -0.497 e. The standard InChI is InChI=1S/C31H28N2O4S/c1-3-37-31(35)25-20-33(28(22-10-6-4-7-11-22)23-12-8-5-9-13-23)30-27(29(25)34)32-26(38-30)19-16-21-14-17-24(36-2)18-15-21/h4-15,17-18,20,28H,3,16,19H2,1-2H3. The molecule has 0 spiro atoms. The number of benzene rings is 3. The molecule has 0 aliphatic heterocycles. The van der Waals surface area contributed by atoms with Gasteiger partial charge in [0.15, 0.2) is 0 Å². The second-order valence-electron chi connectivity index (χ2n) is 8.83. The summed E-state index contributed by atoms with van der Waals surface area (Å²) in [6.45, 7) is 1.91. The van der Waals surface area contributed by atoms with Crippen LogP contribution in [0.25, 0.3) is 10.3 Å². The Labute approximate surface area is 225 Å². The molecule has 6 nitrogen and oxygen atoms in total. The predicted molar refractivity (Wildman–Crippen MR) is 150 cm³/mol. The van der Waals surface area contributed by atoms with Crippen molar-refractivity contribution in [3.8, 4) is 5.75 Å². The molecular formula is C31H28N2O4S. The van der Waals surface area contributed by atoms with Crippen molar-refractivity contribution in [2.24, 2.45) is 0 Å². The highest BCUT2D eigenvalue weighted by Crippen LogP contribution is 2.32. The van der Waals surface area contributed by atoms with Gasteiger partial charge in [-0.05, 0) is 42.2 Å². The highest BCUT2D eigenvalue weighted by Gasteiger charge is 2.25. The summed E-state index contributed by atoms with van der Waals surface area (Å²) in [7, 11) is 1.65. The minimum absolute atomic E-state index is 0.0109. The second kappa shape index (κ2) is 11.4. The largest absolute Gasteiger partial charge is 0.497 e. The van der Waals surface area contributed by atoms with Gasteiger partial charge in [-0.2, -0.15) is 0 Å². The molecule has 0 fully saturated rings. The van der Waals surface area contributed by atoms with Gasteiger partial charge in [-0.25, -0.2) is 9.78 Å². The molecule has 0 bridgehead atoms. The van der Waals surface area contributed by atoms with Crippen molar-refractivity contribution >= 4 is 27.7 Å². The van der Waals surface area contributed by atoms with Gasteiger partial charge >= 0.3 is 5.97 Å². The first-order valence-electron chi connectivity index (χ1n) is 12.5. The summed E-state index contributed by atoms with van der Waals surface area (Å²) in [5, 5.41) is 0.836. The van der Waals surface area contributed by atoms with E-state index in [1.807, 2.05) is 65.2 Å². The number of esters is 1. The lowest BCUT2D eigenvalue weighted by Crippen LogP contribution is -2.23. The monoisotopic (exact) mass is 524 g/mol. The smallest absolute Gasteiger partial charge is 0.343 e. The van der Waals surface area contributed by atoms with Crippen molar-refractivity contribution in [2.75, 3.05) is 13.7 Å². The van der Waals surface area contributed by atoms with E-state index in [9.17, 15) is 9.59 Å². The van der Waals surface area contributed by atoms with Crippen LogP contribution in [0, 0.1) is 0 Å². The van der Waals surface area contributed by atoms with Gasteiger partial charge in [-0.1, -0.05) is 72.8 Å². The van der Waals surface area contributed by atoms with Crippen LogP contribution < -0.4 is 10.2 Å². The molecule has 0 aliphatic carbocycles. The lowest BCUT2D eigenvalue weighted by atomic mass is 9.98.